The number of fused-ring (bicyclic) bond motifs is 3. The standard InChI is InChI=1S/C16H10F3N5O2/c1-9-5-13-12(7-20-15-21-8-22-24(13)15)14(25)23(9)10-3-2-4-11(6-10)26-16(17,18)19/h2-8H,1H3. The first kappa shape index (κ1) is 16.1. The van der Waals surface area contributed by atoms with Crippen molar-refractivity contribution in [1.82, 2.24) is 24.1 Å². The van der Waals surface area contributed by atoms with Gasteiger partial charge in [0.05, 0.1) is 16.6 Å². The summed E-state index contributed by atoms with van der Waals surface area (Å²) in [6.45, 7) is 1.67. The highest BCUT2D eigenvalue weighted by atomic mass is 19.4. The van der Waals surface area contributed by atoms with Crippen LogP contribution in [-0.2, 0) is 0 Å². The topological polar surface area (TPSA) is 74.3 Å². The van der Waals surface area contributed by atoms with Crippen LogP contribution in [0.15, 0.2) is 47.7 Å². The van der Waals surface area contributed by atoms with E-state index in [9.17, 15) is 18.0 Å². The van der Waals surface area contributed by atoms with Crippen molar-refractivity contribution in [2.75, 3.05) is 0 Å². The highest BCUT2D eigenvalue weighted by molar-refractivity contribution is 5.79. The zero-order valence-electron chi connectivity index (χ0n) is 13.2. The van der Waals surface area contributed by atoms with Crippen molar-refractivity contribution in [2.45, 2.75) is 13.3 Å². The van der Waals surface area contributed by atoms with Crippen LogP contribution in [0, 0.1) is 6.92 Å². The molecule has 10 heteroatoms. The van der Waals surface area contributed by atoms with E-state index in [1.54, 1.807) is 13.0 Å². The predicted octanol–water partition coefficient (Wildman–Crippen LogP) is 2.64. The van der Waals surface area contributed by atoms with Gasteiger partial charge in [-0.05, 0) is 25.1 Å². The van der Waals surface area contributed by atoms with Crippen molar-refractivity contribution in [3.8, 4) is 11.4 Å². The Labute approximate surface area is 143 Å². The number of hydrogen-bond acceptors (Lipinski definition) is 5. The molecule has 0 saturated heterocycles. The van der Waals surface area contributed by atoms with E-state index in [-0.39, 0.29) is 11.1 Å². The van der Waals surface area contributed by atoms with Crippen molar-refractivity contribution in [3.05, 3.63) is 58.9 Å². The number of hydrogen-bond donors (Lipinski definition) is 0. The average Bonchev–Trinajstić information content (AvgIpc) is 3.02. The van der Waals surface area contributed by atoms with E-state index in [2.05, 4.69) is 19.8 Å². The van der Waals surface area contributed by atoms with Crippen LogP contribution in [0.3, 0.4) is 0 Å². The van der Waals surface area contributed by atoms with Gasteiger partial charge in [-0.1, -0.05) is 6.07 Å². The quantitative estimate of drug-likeness (QED) is 0.549. The summed E-state index contributed by atoms with van der Waals surface area (Å²) in [5, 5.41) is 4.30. The van der Waals surface area contributed by atoms with Gasteiger partial charge in [0.2, 0.25) is 0 Å². The van der Waals surface area contributed by atoms with Crippen LogP contribution in [0.1, 0.15) is 5.69 Å². The highest BCUT2D eigenvalue weighted by Crippen LogP contribution is 2.25. The molecule has 0 radical (unpaired) electrons. The lowest BCUT2D eigenvalue weighted by atomic mass is 10.2. The molecular weight excluding hydrogens is 351 g/mol. The second kappa shape index (κ2) is 5.55. The molecule has 4 rings (SSSR count). The molecule has 1 aromatic carbocycles. The number of rotatable bonds is 2. The lowest BCUT2D eigenvalue weighted by Crippen LogP contribution is -2.22. The minimum atomic E-state index is -4.81. The van der Waals surface area contributed by atoms with E-state index in [0.29, 0.717) is 17.0 Å². The lowest BCUT2D eigenvalue weighted by molar-refractivity contribution is -0.274. The van der Waals surface area contributed by atoms with Crippen molar-refractivity contribution in [2.24, 2.45) is 0 Å². The maximum absolute atomic E-state index is 12.9. The molecule has 0 spiro atoms. The first-order valence-corrected chi connectivity index (χ1v) is 7.41. The third-order valence-corrected chi connectivity index (χ3v) is 3.78. The third kappa shape index (κ3) is 2.65. The first-order valence-electron chi connectivity index (χ1n) is 7.41. The maximum Gasteiger partial charge on any atom is 0.573 e. The summed E-state index contributed by atoms with van der Waals surface area (Å²) in [7, 11) is 0. The normalized spacial score (nSPS) is 12.0. The molecule has 3 heterocycles. The maximum atomic E-state index is 12.9. The van der Waals surface area contributed by atoms with E-state index in [1.807, 2.05) is 0 Å². The molecule has 3 aromatic heterocycles. The van der Waals surface area contributed by atoms with Crippen LogP contribution in [0.25, 0.3) is 22.4 Å². The molecule has 0 fully saturated rings. The van der Waals surface area contributed by atoms with Crippen molar-refractivity contribution in [3.63, 3.8) is 0 Å². The van der Waals surface area contributed by atoms with E-state index >= 15 is 0 Å². The van der Waals surface area contributed by atoms with E-state index < -0.39 is 17.7 Å². The SMILES string of the molecule is Cc1cc2c(cnc3ncnn32)c(=O)n1-c1cccc(OC(F)(F)F)c1. The molecular formula is C16H10F3N5O2. The molecule has 0 aliphatic rings. The summed E-state index contributed by atoms with van der Waals surface area (Å²) in [5.74, 6) is -0.0686. The summed E-state index contributed by atoms with van der Waals surface area (Å²) < 4.78 is 44.0. The lowest BCUT2D eigenvalue weighted by Gasteiger charge is -2.14. The molecule has 0 aliphatic carbocycles. The Morgan fingerprint density at radius 1 is 1.15 bits per heavy atom. The van der Waals surface area contributed by atoms with Crippen LogP contribution >= 0.6 is 0 Å². The van der Waals surface area contributed by atoms with Gasteiger partial charge in [-0.2, -0.15) is 14.6 Å². The van der Waals surface area contributed by atoms with E-state index in [4.69, 9.17) is 0 Å². The Morgan fingerprint density at radius 2 is 1.96 bits per heavy atom. The smallest absolute Gasteiger partial charge is 0.406 e. The first-order chi connectivity index (χ1) is 12.3. The van der Waals surface area contributed by atoms with Crippen LogP contribution < -0.4 is 10.3 Å². The van der Waals surface area contributed by atoms with Gasteiger partial charge in [-0.25, -0.2) is 4.98 Å². The molecule has 0 saturated carbocycles. The average molecular weight is 361 g/mol. The molecule has 0 N–H and O–H groups in total. The Kier molecular flexibility index (Phi) is 3.43. The number of halogens is 3. The number of aromatic nitrogens is 5. The Balaban J connectivity index is 1.94. The summed E-state index contributed by atoms with van der Waals surface area (Å²) in [5.41, 5.74) is 0.826. The Hall–Kier alpha value is -3.43. The van der Waals surface area contributed by atoms with Crippen molar-refractivity contribution >= 4 is 16.7 Å². The molecule has 0 atom stereocenters. The second-order valence-corrected chi connectivity index (χ2v) is 5.50. The molecule has 132 valence electrons. The fraction of sp³-hybridized carbons (Fsp3) is 0.125. The minimum Gasteiger partial charge on any atom is -0.406 e. The minimum absolute atomic E-state index is 0.245. The van der Waals surface area contributed by atoms with E-state index in [0.717, 1.165) is 6.07 Å². The molecule has 0 bridgehead atoms. The fourth-order valence-electron chi connectivity index (χ4n) is 2.78. The summed E-state index contributed by atoms with van der Waals surface area (Å²) in [4.78, 5) is 20.9. The number of benzene rings is 1. The summed E-state index contributed by atoms with van der Waals surface area (Å²) in [6, 6.07) is 6.90. The van der Waals surface area contributed by atoms with Crippen LogP contribution in [-0.4, -0.2) is 30.5 Å². The zero-order valence-corrected chi connectivity index (χ0v) is 13.2. The van der Waals surface area contributed by atoms with Gasteiger partial charge in [0, 0.05) is 18.0 Å². The van der Waals surface area contributed by atoms with Gasteiger partial charge in [0.1, 0.15) is 12.1 Å². The molecule has 26 heavy (non-hydrogen) atoms. The Morgan fingerprint density at radius 3 is 2.73 bits per heavy atom. The van der Waals surface area contributed by atoms with Gasteiger partial charge in [-0.15, -0.1) is 13.2 Å². The van der Waals surface area contributed by atoms with Crippen molar-refractivity contribution < 1.29 is 17.9 Å². The Bertz CT molecular complexity index is 1200. The highest BCUT2D eigenvalue weighted by Gasteiger charge is 2.31. The van der Waals surface area contributed by atoms with Crippen LogP contribution in [0.5, 0.6) is 5.75 Å². The number of ether oxygens (including phenoxy) is 1. The number of alkyl halides is 3. The van der Waals surface area contributed by atoms with Gasteiger partial charge in [0.15, 0.2) is 0 Å². The third-order valence-electron chi connectivity index (χ3n) is 3.78. The molecule has 4 aromatic rings. The van der Waals surface area contributed by atoms with Gasteiger partial charge in [0.25, 0.3) is 11.3 Å². The number of pyridine rings is 1. The number of aryl methyl sites for hydroxylation is 1. The molecule has 0 amide bonds. The molecule has 0 unspecified atom stereocenters. The predicted molar refractivity (Wildman–Crippen MR) is 85.3 cm³/mol. The molecule has 0 aliphatic heterocycles. The van der Waals surface area contributed by atoms with Crippen LogP contribution in [0.4, 0.5) is 13.2 Å². The van der Waals surface area contributed by atoms with Gasteiger partial charge < -0.3 is 4.74 Å². The zero-order chi connectivity index (χ0) is 18.5. The van der Waals surface area contributed by atoms with Gasteiger partial charge >= 0.3 is 6.36 Å². The second-order valence-electron chi connectivity index (χ2n) is 5.50. The summed E-state index contributed by atoms with van der Waals surface area (Å²) >= 11 is 0. The van der Waals surface area contributed by atoms with Crippen molar-refractivity contribution in [1.29, 1.82) is 0 Å². The largest absolute Gasteiger partial charge is 0.573 e. The number of nitrogens with zero attached hydrogens (tertiary/aromatic N) is 5. The van der Waals surface area contributed by atoms with Crippen LogP contribution in [0.2, 0.25) is 0 Å². The fourth-order valence-corrected chi connectivity index (χ4v) is 2.78. The van der Waals surface area contributed by atoms with E-state index in [1.165, 1.54) is 39.8 Å². The monoisotopic (exact) mass is 361 g/mol. The molecule has 7 nitrogen and oxygen atoms in total. The summed E-state index contributed by atoms with van der Waals surface area (Å²) in [6.07, 6.45) is -2.13. The van der Waals surface area contributed by atoms with Gasteiger partial charge in [-0.3, -0.25) is 9.36 Å².